The van der Waals surface area contributed by atoms with E-state index in [4.69, 9.17) is 21.1 Å². The van der Waals surface area contributed by atoms with Crippen molar-refractivity contribution in [3.05, 3.63) is 40.7 Å². The second-order valence-electron chi connectivity index (χ2n) is 5.68. The lowest BCUT2D eigenvalue weighted by Gasteiger charge is -2.14. The topological polar surface area (TPSA) is 72.7 Å². The highest BCUT2D eigenvalue weighted by Crippen LogP contribution is 2.37. The van der Waals surface area contributed by atoms with Crippen LogP contribution in [0.5, 0.6) is 11.5 Å². The van der Waals surface area contributed by atoms with Gasteiger partial charge in [-0.25, -0.2) is 0 Å². The number of rotatable bonds is 4. The first kappa shape index (κ1) is 17.4. The zero-order valence-corrected chi connectivity index (χ0v) is 15.1. The molecule has 0 fully saturated rings. The van der Waals surface area contributed by atoms with E-state index in [1.165, 1.54) is 0 Å². The highest BCUT2D eigenvalue weighted by atomic mass is 35.5. The number of hydrogen-bond donors (Lipinski definition) is 2. The molecule has 0 unspecified atom stereocenters. The molecule has 2 heterocycles. The second-order valence-corrected chi connectivity index (χ2v) is 6.09. The number of halogens is 1. The van der Waals surface area contributed by atoms with Gasteiger partial charge >= 0.3 is 0 Å². The third kappa shape index (κ3) is 4.36. The minimum Gasteiger partial charge on any atom is -0.489 e. The van der Waals surface area contributed by atoms with Crippen LogP contribution in [-0.2, 0) is 20.1 Å². The molecule has 1 aromatic heterocycles. The standard InChI is InChI=1S/C17H22ClN5O2/c1-19-17(21-11-13-4-5-22-23(13)2)20-10-12-8-14(18)16-15(9-12)24-6-3-7-25-16/h4-5,8-9H,3,6-7,10-11H2,1-2H3,(H2,19,20,21). The van der Waals surface area contributed by atoms with Gasteiger partial charge in [0.2, 0.25) is 0 Å². The fourth-order valence-electron chi connectivity index (χ4n) is 2.54. The molecule has 8 heteroatoms. The molecule has 0 saturated carbocycles. The van der Waals surface area contributed by atoms with Crippen LogP contribution in [0.3, 0.4) is 0 Å². The number of aliphatic imine (C=N–C) groups is 1. The highest BCUT2D eigenvalue weighted by Gasteiger charge is 2.15. The van der Waals surface area contributed by atoms with E-state index in [1.807, 2.05) is 29.9 Å². The summed E-state index contributed by atoms with van der Waals surface area (Å²) in [4.78, 5) is 4.23. The van der Waals surface area contributed by atoms with Gasteiger partial charge in [-0.15, -0.1) is 0 Å². The molecule has 0 bridgehead atoms. The summed E-state index contributed by atoms with van der Waals surface area (Å²) in [6.07, 6.45) is 2.62. The molecule has 0 aliphatic carbocycles. The van der Waals surface area contributed by atoms with Crippen molar-refractivity contribution in [2.45, 2.75) is 19.5 Å². The summed E-state index contributed by atoms with van der Waals surface area (Å²) in [6.45, 7) is 2.46. The van der Waals surface area contributed by atoms with Crippen molar-refractivity contribution in [1.82, 2.24) is 20.4 Å². The number of hydrogen-bond acceptors (Lipinski definition) is 4. The van der Waals surface area contributed by atoms with E-state index >= 15 is 0 Å². The summed E-state index contributed by atoms with van der Waals surface area (Å²) in [6, 6.07) is 5.80. The van der Waals surface area contributed by atoms with Crippen molar-refractivity contribution in [3.63, 3.8) is 0 Å². The third-order valence-corrected chi connectivity index (χ3v) is 4.19. The van der Waals surface area contributed by atoms with Gasteiger partial charge in [0.05, 0.1) is 30.5 Å². The first-order chi connectivity index (χ1) is 12.2. The first-order valence-electron chi connectivity index (χ1n) is 8.17. The number of aromatic nitrogens is 2. The molecule has 7 nitrogen and oxygen atoms in total. The number of aryl methyl sites for hydroxylation is 1. The van der Waals surface area contributed by atoms with Crippen molar-refractivity contribution < 1.29 is 9.47 Å². The Morgan fingerprint density at radius 1 is 1.28 bits per heavy atom. The molecule has 1 aromatic carbocycles. The van der Waals surface area contributed by atoms with Crippen LogP contribution in [0.2, 0.25) is 5.02 Å². The maximum absolute atomic E-state index is 6.33. The van der Waals surface area contributed by atoms with Gasteiger partial charge < -0.3 is 20.1 Å². The van der Waals surface area contributed by atoms with E-state index in [1.54, 1.807) is 13.2 Å². The lowest BCUT2D eigenvalue weighted by molar-refractivity contribution is 0.297. The number of guanidine groups is 1. The van der Waals surface area contributed by atoms with Crippen molar-refractivity contribution in [2.75, 3.05) is 20.3 Å². The van der Waals surface area contributed by atoms with E-state index in [9.17, 15) is 0 Å². The van der Waals surface area contributed by atoms with Gasteiger partial charge in [0.1, 0.15) is 0 Å². The van der Waals surface area contributed by atoms with E-state index in [2.05, 4.69) is 20.7 Å². The summed E-state index contributed by atoms with van der Waals surface area (Å²) in [7, 11) is 3.65. The van der Waals surface area contributed by atoms with Gasteiger partial charge in [-0.3, -0.25) is 9.67 Å². The summed E-state index contributed by atoms with van der Waals surface area (Å²) < 4.78 is 13.2. The van der Waals surface area contributed by atoms with Crippen LogP contribution in [0.15, 0.2) is 29.4 Å². The van der Waals surface area contributed by atoms with Gasteiger partial charge in [0, 0.05) is 33.3 Å². The Kier molecular flexibility index (Phi) is 5.65. The molecular weight excluding hydrogens is 342 g/mol. The van der Waals surface area contributed by atoms with Crippen LogP contribution < -0.4 is 20.1 Å². The predicted molar refractivity (Wildman–Crippen MR) is 97.3 cm³/mol. The SMILES string of the molecule is CN=C(NCc1cc(Cl)c2c(c1)OCCCO2)NCc1ccnn1C. The molecule has 1 aliphatic rings. The largest absolute Gasteiger partial charge is 0.489 e. The second kappa shape index (κ2) is 8.11. The Morgan fingerprint density at radius 2 is 2.08 bits per heavy atom. The molecule has 2 N–H and O–H groups in total. The Labute approximate surface area is 152 Å². The van der Waals surface area contributed by atoms with E-state index < -0.39 is 0 Å². The predicted octanol–water partition coefficient (Wildman–Crippen LogP) is 2.10. The van der Waals surface area contributed by atoms with E-state index in [0.717, 1.165) is 17.7 Å². The van der Waals surface area contributed by atoms with E-state index in [0.29, 0.717) is 48.8 Å². The van der Waals surface area contributed by atoms with E-state index in [-0.39, 0.29) is 0 Å². The molecule has 3 rings (SSSR count). The number of benzene rings is 1. The molecule has 0 atom stereocenters. The monoisotopic (exact) mass is 363 g/mol. The lowest BCUT2D eigenvalue weighted by atomic mass is 10.2. The number of fused-ring (bicyclic) bond motifs is 1. The molecular formula is C17H22ClN5O2. The Hall–Kier alpha value is -2.41. The zero-order valence-electron chi connectivity index (χ0n) is 14.4. The molecule has 0 spiro atoms. The van der Waals surface area contributed by atoms with Crippen LogP contribution in [0.4, 0.5) is 0 Å². The summed E-state index contributed by atoms with van der Waals surface area (Å²) in [5.41, 5.74) is 2.07. The highest BCUT2D eigenvalue weighted by molar-refractivity contribution is 6.32. The Balaban J connectivity index is 1.61. The number of nitrogens with zero attached hydrogens (tertiary/aromatic N) is 3. The van der Waals surface area contributed by atoms with Crippen LogP contribution in [-0.4, -0.2) is 36.0 Å². The smallest absolute Gasteiger partial charge is 0.191 e. The van der Waals surface area contributed by atoms with Gasteiger partial charge in [-0.05, 0) is 23.8 Å². The van der Waals surface area contributed by atoms with Crippen LogP contribution in [0, 0.1) is 0 Å². The lowest BCUT2D eigenvalue weighted by Crippen LogP contribution is -2.36. The van der Waals surface area contributed by atoms with Gasteiger partial charge in [0.25, 0.3) is 0 Å². The van der Waals surface area contributed by atoms with Crippen LogP contribution >= 0.6 is 11.6 Å². The Morgan fingerprint density at radius 3 is 2.84 bits per heavy atom. The average Bonchev–Trinajstić information content (AvgIpc) is 2.87. The first-order valence-corrected chi connectivity index (χ1v) is 8.54. The number of nitrogens with one attached hydrogen (secondary N) is 2. The molecule has 2 aromatic rings. The van der Waals surface area contributed by atoms with Gasteiger partial charge in [-0.2, -0.15) is 5.10 Å². The maximum Gasteiger partial charge on any atom is 0.191 e. The van der Waals surface area contributed by atoms with Crippen LogP contribution in [0.25, 0.3) is 0 Å². The minimum atomic E-state index is 0.564. The normalized spacial score (nSPS) is 14.1. The summed E-state index contributed by atoms with van der Waals surface area (Å²) >= 11 is 6.33. The third-order valence-electron chi connectivity index (χ3n) is 3.90. The van der Waals surface area contributed by atoms with Gasteiger partial charge in [0.15, 0.2) is 17.5 Å². The van der Waals surface area contributed by atoms with Crippen molar-refractivity contribution in [2.24, 2.45) is 12.0 Å². The molecule has 0 radical (unpaired) electrons. The van der Waals surface area contributed by atoms with Crippen molar-refractivity contribution >= 4 is 17.6 Å². The zero-order chi connectivity index (χ0) is 17.6. The fourth-order valence-corrected chi connectivity index (χ4v) is 2.83. The molecule has 25 heavy (non-hydrogen) atoms. The summed E-state index contributed by atoms with van der Waals surface area (Å²) in [5.74, 6) is 2.02. The van der Waals surface area contributed by atoms with Crippen LogP contribution in [0.1, 0.15) is 17.7 Å². The number of ether oxygens (including phenoxy) is 2. The summed E-state index contributed by atoms with van der Waals surface area (Å²) in [5, 5.41) is 11.2. The molecule has 1 aliphatic heterocycles. The van der Waals surface area contributed by atoms with Gasteiger partial charge in [-0.1, -0.05) is 11.6 Å². The fraction of sp³-hybridized carbons (Fsp3) is 0.412. The quantitative estimate of drug-likeness (QED) is 0.643. The van der Waals surface area contributed by atoms with Crippen molar-refractivity contribution in [3.8, 4) is 11.5 Å². The molecule has 0 amide bonds. The molecule has 0 saturated heterocycles. The minimum absolute atomic E-state index is 0.564. The molecule has 134 valence electrons. The average molecular weight is 364 g/mol. The maximum atomic E-state index is 6.33. The Bertz CT molecular complexity index is 759. The van der Waals surface area contributed by atoms with Crippen molar-refractivity contribution in [1.29, 1.82) is 0 Å².